The van der Waals surface area contributed by atoms with Crippen LogP contribution in [-0.4, -0.2) is 231 Å². The number of allylic oxidation sites excluding steroid dienone is 2. The number of nitrogens with one attached hydrogen (secondary N) is 4. The summed E-state index contributed by atoms with van der Waals surface area (Å²) < 4.78 is 22.7. The zero-order valence-electron chi connectivity index (χ0n) is 44.0. The van der Waals surface area contributed by atoms with Gasteiger partial charge in [-0.05, 0) is 46.8 Å². The van der Waals surface area contributed by atoms with Crippen LogP contribution < -0.4 is 32.2 Å². The van der Waals surface area contributed by atoms with Crippen LogP contribution in [0.5, 0.6) is 0 Å². The minimum absolute atomic E-state index is 0.103. The number of rotatable bonds is 15. The highest BCUT2D eigenvalue weighted by Crippen LogP contribution is 2.35. The minimum Gasteiger partial charge on any atom is -0.463 e. The quantitative estimate of drug-likeness (QED) is 0.0738. The normalized spacial score (nSPS) is 32.0. The molecule has 3 saturated heterocycles. The molecule has 436 valence electrons. The molecule has 0 radical (unpaired) electrons. The molecule has 17 N–H and O–H groups in total. The first-order chi connectivity index (χ1) is 37.1. The Balaban J connectivity index is 0.000000221. The third-order valence-electron chi connectivity index (χ3n) is 12.8. The SMILES string of the molecule is CC(=O)NC1[C@@H](O)[C@H](O)C(CO)O[C@H]1Sc1ccc(B(O)O)cc1.CC(=O)NC1[C@H](Cc2ccc(B(O)O)cc2)OC(CO)[C@@H](O)[C@@H]1O.CC(=O)NC1[C@H](OC2=CC3SC(NC(=O)C(C)(C)C)N=C3C=C2)OC(CO)[C@@H](O)[C@@H]1O. The van der Waals surface area contributed by atoms with Crippen molar-refractivity contribution in [1.82, 2.24) is 21.3 Å². The number of benzene rings is 2. The molecule has 17 atom stereocenters. The molecule has 8 unspecified atom stereocenters. The van der Waals surface area contributed by atoms with E-state index in [4.69, 9.17) is 39.0 Å². The van der Waals surface area contributed by atoms with Crippen LogP contribution in [0.3, 0.4) is 0 Å². The van der Waals surface area contributed by atoms with Crippen LogP contribution in [0.4, 0.5) is 0 Å². The monoisotopic (exact) mass is 1150 g/mol. The van der Waals surface area contributed by atoms with Crippen molar-refractivity contribution in [3.63, 3.8) is 0 Å². The lowest BCUT2D eigenvalue weighted by molar-refractivity contribution is -0.258. The number of hydrogen-bond donors (Lipinski definition) is 17. The molecule has 4 heterocycles. The molecule has 79 heavy (non-hydrogen) atoms. The lowest BCUT2D eigenvalue weighted by Gasteiger charge is -2.42. The van der Waals surface area contributed by atoms with E-state index in [1.54, 1.807) is 54.6 Å². The molecule has 2 aromatic carbocycles. The lowest BCUT2D eigenvalue weighted by atomic mass is 9.79. The number of carbonyl (C=O) groups is 4. The number of amides is 4. The van der Waals surface area contributed by atoms with Gasteiger partial charge in [0.2, 0.25) is 29.9 Å². The molecule has 4 amide bonds. The summed E-state index contributed by atoms with van der Waals surface area (Å²) in [7, 11) is -3.13. The molecule has 3 fully saturated rings. The number of hydrogen-bond acceptors (Lipinski definition) is 24. The Bertz CT molecular complexity index is 2340. The zero-order chi connectivity index (χ0) is 58.6. The number of nitrogens with zero attached hydrogens (tertiary/aromatic N) is 1. The molecule has 2 aromatic rings. The fraction of sp³-hybridized carbons (Fsp3) is 0.571. The largest absolute Gasteiger partial charge is 0.488 e. The standard InChI is InChI=1S/C20H29N3O7S.C15H22BNO7.C14H20BNO7S/c1-9(25)21-14-16(27)15(26)12(8-24)30-17(14)29-10-5-6-11-13(7-10)31-19(22-11)23-18(28)20(2,3)4;1-8(19)17-13-11(24-12(7-18)14(20)15(13)21)6-9-2-4-10(5-3-9)16(22)23;1-7(18)16-11-13(20)12(19)10(6-17)23-14(11)24-9-4-2-8(3-5-9)15(21)22/h5-7,12-17,19,24,26-27H,8H2,1-4H3,(H,21,25)(H,23,28);2-5,11-15,18,20-23H,6-7H2,1H3,(H,17,19);2-5,10-14,17,19-22H,6H2,1H3,(H,16,18)/t12?,13?,14?,15-,16-,17-,19?;11-,12?,13?,14+,15+;10?,11?,12-,13-,14+/m101/s1. The Morgan fingerprint density at radius 1 is 0.620 bits per heavy atom. The fourth-order valence-corrected chi connectivity index (χ4v) is 10.8. The fourth-order valence-electron chi connectivity index (χ4n) is 8.52. The van der Waals surface area contributed by atoms with Crippen molar-refractivity contribution in [2.24, 2.45) is 10.4 Å². The highest BCUT2D eigenvalue weighted by molar-refractivity contribution is 8.01. The second kappa shape index (κ2) is 29.4. The summed E-state index contributed by atoms with van der Waals surface area (Å²) in [6.45, 7) is 7.89. The summed E-state index contributed by atoms with van der Waals surface area (Å²) in [4.78, 5) is 51.7. The Morgan fingerprint density at radius 2 is 1.09 bits per heavy atom. The van der Waals surface area contributed by atoms with Crippen LogP contribution in [-0.2, 0) is 44.5 Å². The van der Waals surface area contributed by atoms with Gasteiger partial charge in [-0.25, -0.2) is 0 Å². The topological polar surface area (TPSA) is 429 Å². The summed E-state index contributed by atoms with van der Waals surface area (Å²) in [5.41, 5.74) is 0.537. The summed E-state index contributed by atoms with van der Waals surface area (Å²) in [5, 5.41) is 136. The zero-order valence-corrected chi connectivity index (χ0v) is 45.6. The summed E-state index contributed by atoms with van der Waals surface area (Å²) in [6.07, 6.45) is -7.21. The van der Waals surface area contributed by atoms with E-state index in [1.807, 2.05) is 20.8 Å². The lowest BCUT2D eigenvalue weighted by Crippen LogP contribution is -2.64. The van der Waals surface area contributed by atoms with Crippen molar-refractivity contribution in [3.05, 3.63) is 78.1 Å². The first-order valence-corrected chi connectivity index (χ1v) is 26.8. The number of aliphatic imine (C=N–C) groups is 1. The van der Waals surface area contributed by atoms with Gasteiger partial charge in [0.25, 0.3) is 0 Å². The molecule has 0 aromatic heterocycles. The summed E-state index contributed by atoms with van der Waals surface area (Å²) >= 11 is 2.62. The van der Waals surface area contributed by atoms with Crippen LogP contribution in [0.1, 0.15) is 47.1 Å². The number of ether oxygens (including phenoxy) is 4. The Kier molecular flexibility index (Phi) is 24.3. The van der Waals surface area contributed by atoms with Crippen LogP contribution in [0.15, 0.2) is 82.4 Å². The van der Waals surface area contributed by atoms with Gasteiger partial charge in [0.15, 0.2) is 5.50 Å². The maximum absolute atomic E-state index is 12.2. The second-order valence-corrected chi connectivity index (χ2v) is 22.5. The molecule has 4 aliphatic heterocycles. The summed E-state index contributed by atoms with van der Waals surface area (Å²) in [6, 6.07) is 10.0. The smallest absolute Gasteiger partial charge is 0.463 e. The second-order valence-electron chi connectivity index (χ2n) is 20.1. The average molecular weight is 1150 g/mol. The van der Waals surface area contributed by atoms with Gasteiger partial charge in [-0.3, -0.25) is 24.2 Å². The van der Waals surface area contributed by atoms with E-state index in [1.165, 1.54) is 56.4 Å². The van der Waals surface area contributed by atoms with Crippen molar-refractivity contribution in [1.29, 1.82) is 0 Å². The van der Waals surface area contributed by atoms with Gasteiger partial charge in [0.1, 0.15) is 72.2 Å². The van der Waals surface area contributed by atoms with Crippen LogP contribution in [0.25, 0.3) is 0 Å². The number of aliphatic hydroxyl groups excluding tert-OH is 9. The molecule has 1 aliphatic carbocycles. The van der Waals surface area contributed by atoms with Crippen LogP contribution >= 0.6 is 23.5 Å². The van der Waals surface area contributed by atoms with Gasteiger partial charge in [-0.2, -0.15) is 0 Å². The van der Waals surface area contributed by atoms with E-state index >= 15 is 0 Å². The van der Waals surface area contributed by atoms with Crippen molar-refractivity contribution >= 4 is 78.0 Å². The first-order valence-electron chi connectivity index (χ1n) is 25.0. The van der Waals surface area contributed by atoms with Gasteiger partial charge >= 0.3 is 14.2 Å². The Labute approximate surface area is 464 Å². The molecule has 0 saturated carbocycles. The van der Waals surface area contributed by atoms with Gasteiger partial charge < -0.3 is 106 Å². The van der Waals surface area contributed by atoms with Gasteiger partial charge in [-0.1, -0.05) is 80.7 Å². The summed E-state index contributed by atoms with van der Waals surface area (Å²) in [5.74, 6) is -0.876. The number of thioether (sulfide) groups is 2. The molecular formula is C49H71B2N5O21S2. The number of fused-ring (bicyclic) bond motifs is 1. The highest BCUT2D eigenvalue weighted by atomic mass is 32.2. The average Bonchev–Trinajstić information content (AvgIpc) is 3.85. The minimum atomic E-state index is -1.57. The number of aliphatic hydroxyl groups is 9. The van der Waals surface area contributed by atoms with E-state index in [0.29, 0.717) is 28.0 Å². The molecule has 26 nitrogen and oxygen atoms in total. The van der Waals surface area contributed by atoms with E-state index in [2.05, 4.69) is 26.3 Å². The van der Waals surface area contributed by atoms with Gasteiger partial charge in [0, 0.05) is 37.5 Å². The van der Waals surface area contributed by atoms with Crippen LogP contribution in [0.2, 0.25) is 0 Å². The third kappa shape index (κ3) is 18.0. The molecule has 30 heteroatoms. The van der Waals surface area contributed by atoms with Crippen molar-refractivity contribution < 1.29 is 104 Å². The van der Waals surface area contributed by atoms with Gasteiger partial charge in [-0.15, -0.1) is 0 Å². The van der Waals surface area contributed by atoms with Crippen molar-refractivity contribution in [2.75, 3.05) is 19.8 Å². The maximum atomic E-state index is 12.2. The van der Waals surface area contributed by atoms with Gasteiger partial charge in [0.05, 0.1) is 49.0 Å². The number of carbonyl (C=O) groups excluding carboxylic acids is 4. The van der Waals surface area contributed by atoms with E-state index in [-0.39, 0.29) is 23.0 Å². The first kappa shape index (κ1) is 65.3. The molecule has 5 aliphatic rings. The molecular weight excluding hydrogens is 1080 g/mol. The molecule has 0 bridgehead atoms. The van der Waals surface area contributed by atoms with Crippen molar-refractivity contribution in [3.8, 4) is 0 Å². The maximum Gasteiger partial charge on any atom is 0.488 e. The third-order valence-corrected chi connectivity index (χ3v) is 15.1. The molecule has 7 rings (SSSR count). The van der Waals surface area contributed by atoms with E-state index < -0.39 is 142 Å². The predicted molar refractivity (Wildman–Crippen MR) is 287 cm³/mol. The Hall–Kier alpha value is -4.54. The van der Waals surface area contributed by atoms with E-state index in [9.17, 15) is 65.1 Å². The molecule has 0 spiro atoms. The Morgan fingerprint density at radius 3 is 1.59 bits per heavy atom. The predicted octanol–water partition coefficient (Wildman–Crippen LogP) is -6.30. The highest BCUT2D eigenvalue weighted by Gasteiger charge is 2.48. The van der Waals surface area contributed by atoms with E-state index in [0.717, 1.165) is 11.3 Å². The van der Waals surface area contributed by atoms with Crippen molar-refractivity contribution in [2.45, 2.75) is 154 Å². The van der Waals surface area contributed by atoms with Crippen LogP contribution in [0, 0.1) is 5.41 Å².